The lowest BCUT2D eigenvalue weighted by Gasteiger charge is -2.28. The van der Waals surface area contributed by atoms with Gasteiger partial charge in [0.05, 0.1) is 18.2 Å². The SMILES string of the molecule is O=C1CCCCN1CC(=O)N1C[C@@H](Cc2ccnc3ccccc23)[C@@H](O)C1. The Morgan fingerprint density at radius 3 is 2.89 bits per heavy atom. The van der Waals surface area contributed by atoms with Crippen LogP contribution in [0.2, 0.25) is 0 Å². The topological polar surface area (TPSA) is 73.7 Å². The van der Waals surface area contributed by atoms with Gasteiger partial charge in [0.2, 0.25) is 11.8 Å². The molecule has 0 saturated carbocycles. The molecule has 2 amide bonds. The summed E-state index contributed by atoms with van der Waals surface area (Å²) in [6, 6.07) is 9.97. The van der Waals surface area contributed by atoms with Gasteiger partial charge in [0.25, 0.3) is 0 Å². The van der Waals surface area contributed by atoms with Crippen molar-refractivity contribution in [2.45, 2.75) is 31.8 Å². The van der Waals surface area contributed by atoms with Gasteiger partial charge in [-0.15, -0.1) is 0 Å². The molecule has 0 aliphatic carbocycles. The van der Waals surface area contributed by atoms with Crippen LogP contribution in [0.4, 0.5) is 0 Å². The Morgan fingerprint density at radius 1 is 1.19 bits per heavy atom. The molecule has 1 aromatic heterocycles. The van der Waals surface area contributed by atoms with E-state index in [1.165, 1.54) is 0 Å². The molecule has 2 fully saturated rings. The number of nitrogens with zero attached hydrogens (tertiary/aromatic N) is 3. The zero-order valence-electron chi connectivity index (χ0n) is 15.4. The molecule has 2 atom stereocenters. The van der Waals surface area contributed by atoms with E-state index in [0.29, 0.717) is 32.5 Å². The van der Waals surface area contributed by atoms with Crippen LogP contribution in [-0.4, -0.2) is 64.0 Å². The summed E-state index contributed by atoms with van der Waals surface area (Å²) in [6.07, 6.45) is 4.36. The number of amides is 2. The van der Waals surface area contributed by atoms with Gasteiger partial charge in [0.15, 0.2) is 0 Å². The maximum absolute atomic E-state index is 12.6. The van der Waals surface area contributed by atoms with E-state index in [1.807, 2.05) is 30.3 Å². The molecule has 2 aliphatic heterocycles. The second-order valence-corrected chi connectivity index (χ2v) is 7.59. The number of para-hydroxylation sites is 1. The van der Waals surface area contributed by atoms with Gasteiger partial charge in [-0.1, -0.05) is 18.2 Å². The zero-order chi connectivity index (χ0) is 18.8. The number of likely N-dealkylation sites (tertiary alicyclic amines) is 2. The van der Waals surface area contributed by atoms with Gasteiger partial charge in [-0.3, -0.25) is 14.6 Å². The minimum Gasteiger partial charge on any atom is -0.391 e. The number of hydrogen-bond acceptors (Lipinski definition) is 4. The molecular formula is C21H25N3O3. The number of hydrogen-bond donors (Lipinski definition) is 1. The van der Waals surface area contributed by atoms with Crippen LogP contribution in [0, 0.1) is 5.92 Å². The molecule has 1 N–H and O–H groups in total. The van der Waals surface area contributed by atoms with Gasteiger partial charge in [0.1, 0.15) is 0 Å². The number of fused-ring (bicyclic) bond motifs is 1. The van der Waals surface area contributed by atoms with E-state index in [1.54, 1.807) is 16.0 Å². The highest BCUT2D eigenvalue weighted by molar-refractivity contribution is 5.85. The molecule has 1 aromatic carbocycles. The van der Waals surface area contributed by atoms with Crippen LogP contribution < -0.4 is 0 Å². The molecule has 0 unspecified atom stereocenters. The highest BCUT2D eigenvalue weighted by atomic mass is 16.3. The van der Waals surface area contributed by atoms with Gasteiger partial charge in [-0.25, -0.2) is 0 Å². The fraction of sp³-hybridized carbons (Fsp3) is 0.476. The van der Waals surface area contributed by atoms with Crippen molar-refractivity contribution in [1.29, 1.82) is 0 Å². The van der Waals surface area contributed by atoms with Crippen molar-refractivity contribution in [2.24, 2.45) is 5.92 Å². The van der Waals surface area contributed by atoms with Crippen LogP contribution in [0.1, 0.15) is 24.8 Å². The molecule has 2 saturated heterocycles. The Balaban J connectivity index is 1.42. The summed E-state index contributed by atoms with van der Waals surface area (Å²) < 4.78 is 0. The number of carbonyl (C=O) groups is 2. The van der Waals surface area contributed by atoms with Gasteiger partial charge in [-0.05, 0) is 37.0 Å². The Kier molecular flexibility index (Phi) is 5.07. The second-order valence-electron chi connectivity index (χ2n) is 7.59. The lowest BCUT2D eigenvalue weighted by Crippen LogP contribution is -2.44. The molecule has 3 heterocycles. The summed E-state index contributed by atoms with van der Waals surface area (Å²) in [5.74, 6) is -0.00245. The van der Waals surface area contributed by atoms with Crippen LogP contribution in [0.5, 0.6) is 0 Å². The summed E-state index contributed by atoms with van der Waals surface area (Å²) in [5, 5.41) is 11.6. The summed E-state index contributed by atoms with van der Waals surface area (Å²) in [5.41, 5.74) is 2.09. The van der Waals surface area contributed by atoms with Gasteiger partial charge >= 0.3 is 0 Å². The summed E-state index contributed by atoms with van der Waals surface area (Å²) in [4.78, 5) is 32.3. The second kappa shape index (κ2) is 7.64. The number of aliphatic hydroxyl groups is 1. The zero-order valence-corrected chi connectivity index (χ0v) is 15.4. The van der Waals surface area contributed by atoms with E-state index in [2.05, 4.69) is 4.98 Å². The fourth-order valence-corrected chi connectivity index (χ4v) is 4.17. The molecule has 27 heavy (non-hydrogen) atoms. The average molecular weight is 367 g/mol. The van der Waals surface area contributed by atoms with Gasteiger partial charge < -0.3 is 14.9 Å². The van der Waals surface area contributed by atoms with Crippen molar-refractivity contribution in [3.8, 4) is 0 Å². The van der Waals surface area contributed by atoms with E-state index in [9.17, 15) is 14.7 Å². The highest BCUT2D eigenvalue weighted by Gasteiger charge is 2.35. The molecule has 0 radical (unpaired) electrons. The maximum Gasteiger partial charge on any atom is 0.242 e. The number of benzene rings is 1. The summed E-state index contributed by atoms with van der Waals surface area (Å²) >= 11 is 0. The van der Waals surface area contributed by atoms with E-state index in [4.69, 9.17) is 0 Å². The Morgan fingerprint density at radius 2 is 2.04 bits per heavy atom. The highest BCUT2D eigenvalue weighted by Crippen LogP contribution is 2.25. The molecule has 2 aliphatic rings. The number of pyridine rings is 1. The van der Waals surface area contributed by atoms with Gasteiger partial charge in [0, 0.05) is 43.6 Å². The van der Waals surface area contributed by atoms with Crippen molar-refractivity contribution in [1.82, 2.24) is 14.8 Å². The smallest absolute Gasteiger partial charge is 0.242 e. The van der Waals surface area contributed by atoms with Crippen LogP contribution in [-0.2, 0) is 16.0 Å². The van der Waals surface area contributed by atoms with E-state index in [-0.39, 0.29) is 24.3 Å². The molecule has 142 valence electrons. The third-order valence-electron chi connectivity index (χ3n) is 5.73. The Labute approximate surface area is 158 Å². The molecule has 6 heteroatoms. The standard InChI is InChI=1S/C21H25N3O3/c25-19-13-24(21(27)14-23-10-4-3-7-20(23)26)12-16(19)11-15-8-9-22-18-6-2-1-5-17(15)18/h1-2,5-6,8-9,16,19,25H,3-4,7,10-14H2/t16-,19+/m1/s1. The fourth-order valence-electron chi connectivity index (χ4n) is 4.17. The number of β-amino-alcohol motifs (C(OH)–C–C–N with tert-alkyl or cyclic N) is 1. The number of carbonyl (C=O) groups excluding carboxylic acids is 2. The average Bonchev–Trinajstić information content (AvgIpc) is 3.05. The number of aromatic nitrogens is 1. The molecule has 0 bridgehead atoms. The molecule has 4 rings (SSSR count). The Hall–Kier alpha value is -2.47. The normalized spacial score (nSPS) is 23.2. The number of piperidine rings is 1. The van der Waals surface area contributed by atoms with Crippen molar-refractivity contribution in [3.63, 3.8) is 0 Å². The third-order valence-corrected chi connectivity index (χ3v) is 5.73. The van der Waals surface area contributed by atoms with Crippen LogP contribution in [0.15, 0.2) is 36.5 Å². The van der Waals surface area contributed by atoms with E-state index in [0.717, 1.165) is 29.3 Å². The maximum atomic E-state index is 12.6. The largest absolute Gasteiger partial charge is 0.391 e. The Bertz CT molecular complexity index is 848. The number of rotatable bonds is 4. The lowest BCUT2D eigenvalue weighted by molar-refractivity contribution is -0.141. The third kappa shape index (κ3) is 3.81. The molecule has 6 nitrogen and oxygen atoms in total. The lowest BCUT2D eigenvalue weighted by atomic mass is 9.94. The van der Waals surface area contributed by atoms with Crippen molar-refractivity contribution in [2.75, 3.05) is 26.2 Å². The van der Waals surface area contributed by atoms with Crippen LogP contribution in [0.25, 0.3) is 10.9 Å². The molecular weight excluding hydrogens is 342 g/mol. The summed E-state index contributed by atoms with van der Waals surface area (Å²) in [7, 11) is 0. The van der Waals surface area contributed by atoms with Crippen LogP contribution >= 0.6 is 0 Å². The predicted molar refractivity (Wildman–Crippen MR) is 102 cm³/mol. The number of aliphatic hydroxyl groups excluding tert-OH is 1. The minimum absolute atomic E-state index is 0.00295. The first-order valence-corrected chi connectivity index (χ1v) is 9.68. The first-order chi connectivity index (χ1) is 13.1. The first-order valence-electron chi connectivity index (χ1n) is 9.68. The monoisotopic (exact) mass is 367 g/mol. The molecule has 2 aromatic rings. The van der Waals surface area contributed by atoms with E-state index >= 15 is 0 Å². The first kappa shape index (κ1) is 17.9. The summed E-state index contributed by atoms with van der Waals surface area (Å²) in [6.45, 7) is 1.66. The minimum atomic E-state index is -0.544. The van der Waals surface area contributed by atoms with Crippen molar-refractivity contribution >= 4 is 22.7 Å². The molecule has 0 spiro atoms. The van der Waals surface area contributed by atoms with Crippen molar-refractivity contribution in [3.05, 3.63) is 42.1 Å². The van der Waals surface area contributed by atoms with Crippen LogP contribution in [0.3, 0.4) is 0 Å². The predicted octanol–water partition coefficient (Wildman–Crippen LogP) is 1.61. The quantitative estimate of drug-likeness (QED) is 0.891. The van der Waals surface area contributed by atoms with Gasteiger partial charge in [-0.2, -0.15) is 0 Å². The van der Waals surface area contributed by atoms with E-state index < -0.39 is 6.10 Å². The van der Waals surface area contributed by atoms with Crippen molar-refractivity contribution < 1.29 is 14.7 Å².